The predicted molar refractivity (Wildman–Crippen MR) is 75.9 cm³/mol. The first-order valence-electron chi connectivity index (χ1n) is 6.03. The van der Waals surface area contributed by atoms with Gasteiger partial charge in [0.2, 0.25) is 0 Å². The molecule has 0 saturated heterocycles. The van der Waals surface area contributed by atoms with E-state index in [1.807, 2.05) is 37.3 Å². The second kappa shape index (κ2) is 5.45. The highest BCUT2D eigenvalue weighted by Gasteiger charge is 1.99. The van der Waals surface area contributed by atoms with Crippen molar-refractivity contribution >= 4 is 11.4 Å². The van der Waals surface area contributed by atoms with Gasteiger partial charge in [0.05, 0.1) is 11.4 Å². The van der Waals surface area contributed by atoms with E-state index in [9.17, 15) is 5.11 Å². The van der Waals surface area contributed by atoms with Crippen LogP contribution in [0.5, 0.6) is 5.75 Å². The molecule has 2 aromatic carbocycles. The minimum Gasteiger partial charge on any atom is -0.508 e. The summed E-state index contributed by atoms with van der Waals surface area (Å²) in [5.41, 5.74) is 10.0. The molecule has 0 aliphatic carbocycles. The summed E-state index contributed by atoms with van der Waals surface area (Å²) in [7, 11) is 0. The van der Waals surface area contributed by atoms with E-state index in [1.54, 1.807) is 12.1 Å². The average molecular weight is 242 g/mol. The topological polar surface area (TPSA) is 58.3 Å². The lowest BCUT2D eigenvalue weighted by Crippen LogP contribution is -2.06. The summed E-state index contributed by atoms with van der Waals surface area (Å²) in [5.74, 6) is 0.300. The molecule has 0 atom stereocenters. The Morgan fingerprint density at radius 3 is 2.50 bits per heavy atom. The van der Waals surface area contributed by atoms with Crippen LogP contribution >= 0.6 is 0 Å². The first-order valence-corrected chi connectivity index (χ1v) is 6.03. The number of anilines is 2. The van der Waals surface area contributed by atoms with Gasteiger partial charge in [-0.1, -0.05) is 18.2 Å². The van der Waals surface area contributed by atoms with Gasteiger partial charge in [-0.25, -0.2) is 0 Å². The molecule has 0 saturated carbocycles. The van der Waals surface area contributed by atoms with Crippen molar-refractivity contribution in [2.75, 3.05) is 17.6 Å². The van der Waals surface area contributed by atoms with Gasteiger partial charge in [0.1, 0.15) is 5.75 Å². The van der Waals surface area contributed by atoms with Crippen LogP contribution in [0.15, 0.2) is 42.5 Å². The number of hydrogen-bond acceptors (Lipinski definition) is 3. The molecule has 0 bridgehead atoms. The minimum atomic E-state index is 0.300. The van der Waals surface area contributed by atoms with Crippen LogP contribution in [0, 0.1) is 6.92 Å². The van der Waals surface area contributed by atoms with Crippen LogP contribution in [0.25, 0.3) is 0 Å². The molecule has 0 aliphatic heterocycles. The van der Waals surface area contributed by atoms with Crippen LogP contribution in [-0.2, 0) is 6.42 Å². The fourth-order valence-corrected chi connectivity index (χ4v) is 1.85. The largest absolute Gasteiger partial charge is 0.508 e. The second-order valence-electron chi connectivity index (χ2n) is 4.43. The lowest BCUT2D eigenvalue weighted by Gasteiger charge is -2.10. The van der Waals surface area contributed by atoms with Crippen LogP contribution in [0.3, 0.4) is 0 Å². The standard InChI is InChI=1S/C15H18N2O/c1-11-2-7-15(14(16)10-11)17-9-8-12-3-5-13(18)6-4-12/h2-7,10,17-18H,8-9,16H2,1H3. The van der Waals surface area contributed by atoms with E-state index >= 15 is 0 Å². The van der Waals surface area contributed by atoms with Gasteiger partial charge in [-0.3, -0.25) is 0 Å². The molecule has 3 heteroatoms. The summed E-state index contributed by atoms with van der Waals surface area (Å²) < 4.78 is 0. The van der Waals surface area contributed by atoms with E-state index in [1.165, 1.54) is 5.56 Å². The highest BCUT2D eigenvalue weighted by molar-refractivity contribution is 5.66. The third-order valence-corrected chi connectivity index (χ3v) is 2.87. The molecule has 0 amide bonds. The van der Waals surface area contributed by atoms with Crippen molar-refractivity contribution in [2.45, 2.75) is 13.3 Å². The van der Waals surface area contributed by atoms with E-state index in [-0.39, 0.29) is 0 Å². The zero-order valence-electron chi connectivity index (χ0n) is 10.5. The van der Waals surface area contributed by atoms with Crippen molar-refractivity contribution in [3.05, 3.63) is 53.6 Å². The number of phenolic OH excluding ortho intramolecular Hbond substituents is 1. The van der Waals surface area contributed by atoms with E-state index in [0.29, 0.717) is 5.75 Å². The quantitative estimate of drug-likeness (QED) is 0.722. The number of rotatable bonds is 4. The third-order valence-electron chi connectivity index (χ3n) is 2.87. The highest BCUT2D eigenvalue weighted by Crippen LogP contribution is 2.19. The van der Waals surface area contributed by atoms with Crippen LogP contribution in [-0.4, -0.2) is 11.7 Å². The summed E-state index contributed by atoms with van der Waals surface area (Å²) in [5, 5.41) is 12.5. The van der Waals surface area contributed by atoms with Gasteiger partial charge in [0.15, 0.2) is 0 Å². The van der Waals surface area contributed by atoms with Crippen molar-refractivity contribution in [2.24, 2.45) is 0 Å². The van der Waals surface area contributed by atoms with Gasteiger partial charge >= 0.3 is 0 Å². The highest BCUT2D eigenvalue weighted by atomic mass is 16.3. The van der Waals surface area contributed by atoms with Crippen LogP contribution in [0.2, 0.25) is 0 Å². The van der Waals surface area contributed by atoms with E-state index in [2.05, 4.69) is 5.32 Å². The molecule has 0 aliphatic rings. The van der Waals surface area contributed by atoms with Gasteiger partial charge in [0, 0.05) is 6.54 Å². The lowest BCUT2D eigenvalue weighted by molar-refractivity contribution is 0.475. The smallest absolute Gasteiger partial charge is 0.115 e. The molecule has 0 radical (unpaired) electrons. The van der Waals surface area contributed by atoms with Gasteiger partial charge in [-0.2, -0.15) is 0 Å². The SMILES string of the molecule is Cc1ccc(NCCc2ccc(O)cc2)c(N)c1. The Hall–Kier alpha value is -2.16. The molecule has 0 heterocycles. The second-order valence-corrected chi connectivity index (χ2v) is 4.43. The Morgan fingerprint density at radius 2 is 1.83 bits per heavy atom. The van der Waals surface area contributed by atoms with E-state index in [0.717, 1.165) is 29.9 Å². The maximum absolute atomic E-state index is 9.19. The fraction of sp³-hybridized carbons (Fsp3) is 0.200. The third kappa shape index (κ3) is 3.17. The average Bonchev–Trinajstić information content (AvgIpc) is 2.34. The molecule has 0 unspecified atom stereocenters. The van der Waals surface area contributed by atoms with Crippen LogP contribution in [0.4, 0.5) is 11.4 Å². The van der Waals surface area contributed by atoms with Gasteiger partial charge in [0.25, 0.3) is 0 Å². The number of nitrogens with one attached hydrogen (secondary N) is 1. The normalized spacial score (nSPS) is 10.3. The van der Waals surface area contributed by atoms with Crippen LogP contribution in [0.1, 0.15) is 11.1 Å². The summed E-state index contributed by atoms with van der Waals surface area (Å²) >= 11 is 0. The molecule has 0 spiro atoms. The van der Waals surface area contributed by atoms with Crippen molar-refractivity contribution in [1.82, 2.24) is 0 Å². The number of nitrogen functional groups attached to an aromatic ring is 1. The summed E-state index contributed by atoms with van der Waals surface area (Å²) in [4.78, 5) is 0. The number of hydrogen-bond donors (Lipinski definition) is 3. The molecule has 18 heavy (non-hydrogen) atoms. The van der Waals surface area contributed by atoms with Crippen molar-refractivity contribution in [3.8, 4) is 5.75 Å². The van der Waals surface area contributed by atoms with Crippen molar-refractivity contribution < 1.29 is 5.11 Å². The molecule has 94 valence electrons. The number of benzene rings is 2. The zero-order valence-corrected chi connectivity index (χ0v) is 10.5. The molecule has 3 nitrogen and oxygen atoms in total. The molecular formula is C15H18N2O. The zero-order chi connectivity index (χ0) is 13.0. The van der Waals surface area contributed by atoms with Crippen molar-refractivity contribution in [3.63, 3.8) is 0 Å². The number of aryl methyl sites for hydroxylation is 1. The van der Waals surface area contributed by atoms with E-state index in [4.69, 9.17) is 5.73 Å². The fourth-order valence-electron chi connectivity index (χ4n) is 1.85. The number of nitrogens with two attached hydrogens (primary N) is 1. The molecule has 2 rings (SSSR count). The number of aromatic hydroxyl groups is 1. The molecule has 0 aromatic heterocycles. The van der Waals surface area contributed by atoms with Gasteiger partial charge in [-0.05, 0) is 48.7 Å². The molecule has 4 N–H and O–H groups in total. The summed E-state index contributed by atoms with van der Waals surface area (Å²) in [6, 6.07) is 13.3. The Balaban J connectivity index is 1.90. The first kappa shape index (κ1) is 12.3. The maximum atomic E-state index is 9.19. The first-order chi connectivity index (χ1) is 8.65. The maximum Gasteiger partial charge on any atom is 0.115 e. The van der Waals surface area contributed by atoms with Crippen LogP contribution < -0.4 is 11.1 Å². The summed E-state index contributed by atoms with van der Waals surface area (Å²) in [6.45, 7) is 2.84. The van der Waals surface area contributed by atoms with Gasteiger partial charge < -0.3 is 16.2 Å². The monoisotopic (exact) mass is 242 g/mol. The van der Waals surface area contributed by atoms with E-state index < -0.39 is 0 Å². The number of phenols is 1. The Morgan fingerprint density at radius 1 is 1.11 bits per heavy atom. The summed E-state index contributed by atoms with van der Waals surface area (Å²) in [6.07, 6.45) is 0.896. The molecular weight excluding hydrogens is 224 g/mol. The Bertz CT molecular complexity index is 521. The minimum absolute atomic E-state index is 0.300. The Labute approximate surface area is 107 Å². The van der Waals surface area contributed by atoms with Crippen molar-refractivity contribution in [1.29, 1.82) is 0 Å². The van der Waals surface area contributed by atoms with Gasteiger partial charge in [-0.15, -0.1) is 0 Å². The molecule has 2 aromatic rings. The molecule has 0 fully saturated rings. The Kier molecular flexibility index (Phi) is 3.72. The predicted octanol–water partition coefficient (Wildman–Crippen LogP) is 2.94. The lowest BCUT2D eigenvalue weighted by atomic mass is 10.1.